The molecule has 44 heavy (non-hydrogen) atoms. The minimum Gasteiger partial charge on any atom is -0.459 e. The van der Waals surface area contributed by atoms with E-state index >= 15 is 0 Å². The zero-order valence-corrected chi connectivity index (χ0v) is 25.1. The second-order valence-corrected chi connectivity index (χ2v) is 9.77. The molecule has 0 radical (unpaired) electrons. The van der Waals surface area contributed by atoms with Crippen molar-refractivity contribution in [2.24, 2.45) is 5.73 Å². The number of benzene rings is 2. The summed E-state index contributed by atoms with van der Waals surface area (Å²) in [7, 11) is 0. The molecule has 2 N–H and O–H groups in total. The van der Waals surface area contributed by atoms with Gasteiger partial charge in [-0.2, -0.15) is 0 Å². The fourth-order valence-corrected chi connectivity index (χ4v) is 4.38. The zero-order chi connectivity index (χ0) is 31.9. The highest BCUT2D eigenvalue weighted by Crippen LogP contribution is 2.23. The third-order valence-corrected chi connectivity index (χ3v) is 6.80. The Labute approximate surface area is 257 Å². The maximum atomic E-state index is 12.5. The van der Waals surface area contributed by atoms with Gasteiger partial charge < -0.3 is 20.3 Å². The first-order valence-electron chi connectivity index (χ1n) is 14.2. The number of aromatic nitrogens is 2. The molecular weight excluding hydrogens is 558 g/mol. The normalized spacial score (nSPS) is 11.6. The molecule has 10 heteroatoms. The van der Waals surface area contributed by atoms with Crippen LogP contribution in [0.3, 0.4) is 0 Å². The average molecular weight is 596 g/mol. The fourth-order valence-electron chi connectivity index (χ4n) is 4.38. The van der Waals surface area contributed by atoms with Crippen LogP contribution < -0.4 is 5.73 Å². The summed E-state index contributed by atoms with van der Waals surface area (Å²) < 4.78 is 4.86. The smallest absolute Gasteiger partial charge is 0.397 e. The van der Waals surface area contributed by atoms with Crippen LogP contribution in [0.1, 0.15) is 55.4 Å². The van der Waals surface area contributed by atoms with Crippen LogP contribution in [0.2, 0.25) is 0 Å². The Morgan fingerprint density at radius 3 is 1.43 bits per heavy atom. The van der Waals surface area contributed by atoms with Crippen LogP contribution >= 0.6 is 0 Å². The second-order valence-electron chi connectivity index (χ2n) is 9.77. The predicted molar refractivity (Wildman–Crippen MR) is 165 cm³/mol. The lowest BCUT2D eigenvalue weighted by atomic mass is 10.1. The Morgan fingerprint density at radius 1 is 0.659 bits per heavy atom. The highest BCUT2D eigenvalue weighted by atomic mass is 16.5. The quantitative estimate of drug-likeness (QED) is 0.224. The lowest BCUT2D eigenvalue weighted by Crippen LogP contribution is -2.41. The van der Waals surface area contributed by atoms with Crippen molar-refractivity contribution in [2.45, 2.75) is 45.9 Å². The van der Waals surface area contributed by atoms with E-state index in [1.54, 1.807) is 31.5 Å². The van der Waals surface area contributed by atoms with Gasteiger partial charge in [0.05, 0.1) is 43.2 Å². The molecule has 4 rings (SSSR count). The van der Waals surface area contributed by atoms with E-state index in [0.717, 1.165) is 11.1 Å². The van der Waals surface area contributed by atoms with E-state index in [1.165, 1.54) is 9.80 Å². The maximum Gasteiger partial charge on any atom is 0.397 e. The van der Waals surface area contributed by atoms with Crippen LogP contribution in [0.15, 0.2) is 109 Å². The third-order valence-electron chi connectivity index (χ3n) is 6.80. The van der Waals surface area contributed by atoms with Crippen molar-refractivity contribution >= 4 is 23.7 Å². The van der Waals surface area contributed by atoms with Gasteiger partial charge in [-0.3, -0.25) is 24.4 Å². The van der Waals surface area contributed by atoms with E-state index in [4.69, 9.17) is 10.5 Å². The van der Waals surface area contributed by atoms with Crippen molar-refractivity contribution in [3.63, 3.8) is 0 Å². The largest absolute Gasteiger partial charge is 0.459 e. The van der Waals surface area contributed by atoms with Crippen molar-refractivity contribution in [2.75, 3.05) is 6.61 Å². The Bertz CT molecular complexity index is 1490. The third kappa shape index (κ3) is 9.59. The van der Waals surface area contributed by atoms with Crippen molar-refractivity contribution in [1.29, 1.82) is 0 Å². The summed E-state index contributed by atoms with van der Waals surface area (Å²) in [5, 5.41) is 0. The molecule has 4 aromatic rings. The molecule has 3 amide bonds. The first-order valence-corrected chi connectivity index (χ1v) is 14.2. The number of carbonyl (C=O) groups is 4. The fraction of sp³-hybridized carbons (Fsp3) is 0.235. The Balaban J connectivity index is 0.000000241. The molecule has 2 aromatic heterocycles. The lowest BCUT2D eigenvalue weighted by molar-refractivity contribution is -0.161. The number of hydrogen-bond acceptors (Lipinski definition) is 7. The van der Waals surface area contributed by atoms with Crippen molar-refractivity contribution in [3.8, 4) is 0 Å². The molecule has 0 aliphatic rings. The number of esters is 1. The number of amides is 3. The van der Waals surface area contributed by atoms with Crippen LogP contribution in [-0.2, 0) is 37.0 Å². The molecule has 10 nitrogen and oxygen atoms in total. The lowest BCUT2D eigenvalue weighted by Gasteiger charge is -2.28. The van der Waals surface area contributed by atoms with Gasteiger partial charge in [-0.15, -0.1) is 0 Å². The van der Waals surface area contributed by atoms with Gasteiger partial charge >= 0.3 is 23.7 Å². The summed E-state index contributed by atoms with van der Waals surface area (Å²) >= 11 is 0. The second kappa shape index (κ2) is 16.9. The number of nitrogens with two attached hydrogens (primary N) is 1. The highest BCUT2D eigenvalue weighted by Gasteiger charge is 2.29. The van der Waals surface area contributed by atoms with Gasteiger partial charge in [0.15, 0.2) is 0 Å². The topological polar surface area (TPSA) is 136 Å². The molecule has 0 aliphatic carbocycles. The molecule has 0 saturated carbocycles. The minimum atomic E-state index is -0.964. The van der Waals surface area contributed by atoms with Crippen molar-refractivity contribution < 1.29 is 23.9 Å². The molecular formula is C34H37N5O5. The molecule has 228 valence electrons. The number of rotatable bonds is 9. The molecule has 2 heterocycles. The number of ether oxygens (including phenoxy) is 1. The Hall–Kier alpha value is -5.38. The summed E-state index contributed by atoms with van der Waals surface area (Å²) in [5.41, 5.74) is 8.45. The van der Waals surface area contributed by atoms with Gasteiger partial charge in [0, 0.05) is 12.4 Å². The van der Waals surface area contributed by atoms with E-state index in [0.29, 0.717) is 11.4 Å². The molecule has 2 aromatic carbocycles. The standard InChI is InChI=1S/C18H20N2O3.C16H17N3O2/c1-3-23-18(22)17(21)20(13-16-11-7-8-12-19-16)14(2)15-9-5-4-6-10-15;1-12(13-7-3-2-4-8-13)19(16(21)15(17)20)11-14-9-5-6-10-18-14/h4-12,14H,3,13H2,1-2H3;2-10,12H,11H2,1H3,(H2,17,20). The summed E-state index contributed by atoms with van der Waals surface area (Å²) in [4.78, 5) is 59.1. The van der Waals surface area contributed by atoms with Gasteiger partial charge in [0.1, 0.15) is 0 Å². The van der Waals surface area contributed by atoms with E-state index in [1.807, 2.05) is 98.8 Å². The summed E-state index contributed by atoms with van der Waals surface area (Å²) in [6.45, 7) is 6.07. The number of carbonyl (C=O) groups excluding carboxylic acids is 4. The molecule has 0 fully saturated rings. The Kier molecular flexibility index (Phi) is 12.7. The van der Waals surface area contributed by atoms with Gasteiger partial charge in [-0.25, -0.2) is 4.79 Å². The molecule has 0 aliphatic heterocycles. The van der Waals surface area contributed by atoms with E-state index in [9.17, 15) is 19.2 Å². The van der Waals surface area contributed by atoms with Gasteiger partial charge in [0.2, 0.25) is 0 Å². The first-order chi connectivity index (χ1) is 21.2. The van der Waals surface area contributed by atoms with Crippen LogP contribution in [0.25, 0.3) is 0 Å². The van der Waals surface area contributed by atoms with Gasteiger partial charge in [-0.05, 0) is 56.2 Å². The summed E-state index contributed by atoms with van der Waals surface area (Å²) in [6, 6.07) is 29.4. The summed E-state index contributed by atoms with van der Waals surface area (Å²) in [5.74, 6) is -3.18. The molecule has 0 bridgehead atoms. The van der Waals surface area contributed by atoms with Crippen LogP contribution in [0.4, 0.5) is 0 Å². The minimum absolute atomic E-state index is 0.168. The molecule has 0 saturated heterocycles. The highest BCUT2D eigenvalue weighted by molar-refractivity contribution is 6.34. The van der Waals surface area contributed by atoms with Gasteiger partial charge in [0.25, 0.3) is 0 Å². The summed E-state index contributed by atoms with van der Waals surface area (Å²) in [6.07, 6.45) is 3.31. The number of primary amides is 1. The van der Waals surface area contributed by atoms with Crippen LogP contribution in [-0.4, -0.2) is 50.1 Å². The predicted octanol–water partition coefficient (Wildman–Crippen LogP) is 4.39. The SMILES string of the molecule is CC(c1ccccc1)N(Cc1ccccn1)C(=O)C(N)=O.CCOC(=O)C(=O)N(Cc1ccccn1)C(C)c1ccccc1. The van der Waals surface area contributed by atoms with Gasteiger partial charge in [-0.1, -0.05) is 72.8 Å². The molecule has 2 unspecified atom stereocenters. The first kappa shape index (κ1) is 33.1. The van der Waals surface area contributed by atoms with Crippen LogP contribution in [0.5, 0.6) is 0 Å². The van der Waals surface area contributed by atoms with E-state index < -0.39 is 23.7 Å². The van der Waals surface area contributed by atoms with Crippen molar-refractivity contribution in [3.05, 3.63) is 132 Å². The van der Waals surface area contributed by atoms with E-state index in [-0.39, 0.29) is 31.8 Å². The molecule has 0 spiro atoms. The zero-order valence-electron chi connectivity index (χ0n) is 25.1. The maximum absolute atomic E-state index is 12.5. The average Bonchev–Trinajstić information content (AvgIpc) is 3.07. The molecule has 2 atom stereocenters. The van der Waals surface area contributed by atoms with Crippen LogP contribution in [0, 0.1) is 0 Å². The van der Waals surface area contributed by atoms with Crippen molar-refractivity contribution in [1.82, 2.24) is 19.8 Å². The number of hydrogen-bond donors (Lipinski definition) is 1. The monoisotopic (exact) mass is 595 g/mol. The van der Waals surface area contributed by atoms with E-state index in [2.05, 4.69) is 9.97 Å². The Morgan fingerprint density at radius 2 is 1.07 bits per heavy atom. The number of nitrogens with zero attached hydrogens (tertiary/aromatic N) is 4. The number of pyridine rings is 2.